The van der Waals surface area contributed by atoms with E-state index in [2.05, 4.69) is 36.9 Å². The molecule has 0 unspecified atom stereocenters. The minimum Gasteiger partial charge on any atom is -0.494 e. The first-order valence-corrected chi connectivity index (χ1v) is 12.5. The monoisotopic (exact) mass is 467 g/mol. The van der Waals surface area contributed by atoms with Crippen LogP contribution < -0.4 is 9.64 Å². The highest BCUT2D eigenvalue weighted by Gasteiger charge is 2.21. The Bertz CT molecular complexity index is 1090. The van der Waals surface area contributed by atoms with Gasteiger partial charge in [0.05, 0.1) is 36.5 Å². The van der Waals surface area contributed by atoms with Crippen LogP contribution in [0.4, 0.5) is 5.13 Å². The molecule has 7 heteroatoms. The van der Waals surface area contributed by atoms with Gasteiger partial charge in [0.2, 0.25) is 5.91 Å². The zero-order valence-corrected chi connectivity index (χ0v) is 20.6. The number of ether oxygens (including phenoxy) is 2. The van der Waals surface area contributed by atoms with Crippen molar-refractivity contribution in [3.8, 4) is 5.75 Å². The van der Waals surface area contributed by atoms with Crippen LogP contribution in [0.15, 0.2) is 36.4 Å². The Morgan fingerprint density at radius 2 is 1.97 bits per heavy atom. The number of anilines is 1. The van der Waals surface area contributed by atoms with Crippen molar-refractivity contribution in [1.82, 2.24) is 9.88 Å². The van der Waals surface area contributed by atoms with Crippen molar-refractivity contribution >= 4 is 32.6 Å². The molecule has 1 amide bonds. The number of morpholine rings is 1. The number of nitrogens with zero attached hydrogens (tertiary/aromatic N) is 3. The molecule has 0 radical (unpaired) electrons. The van der Waals surface area contributed by atoms with Gasteiger partial charge >= 0.3 is 0 Å². The van der Waals surface area contributed by atoms with Gasteiger partial charge in [-0.2, -0.15) is 0 Å². The van der Waals surface area contributed by atoms with Crippen LogP contribution in [0.1, 0.15) is 30.0 Å². The molecule has 1 aliphatic heterocycles. The van der Waals surface area contributed by atoms with E-state index in [0.717, 1.165) is 65.9 Å². The number of carbonyl (C=O) groups is 1. The van der Waals surface area contributed by atoms with Crippen LogP contribution >= 0.6 is 11.3 Å². The number of carbonyl (C=O) groups excluding carboxylic acids is 1. The van der Waals surface area contributed by atoms with Gasteiger partial charge in [-0.15, -0.1) is 0 Å². The summed E-state index contributed by atoms with van der Waals surface area (Å²) in [7, 11) is 0. The maximum atomic E-state index is 13.5. The average Bonchev–Trinajstić information content (AvgIpc) is 3.23. The van der Waals surface area contributed by atoms with Crippen molar-refractivity contribution in [2.45, 2.75) is 33.6 Å². The molecule has 0 N–H and O–H groups in total. The second-order valence-electron chi connectivity index (χ2n) is 8.51. The molecule has 2 aromatic carbocycles. The van der Waals surface area contributed by atoms with E-state index in [1.807, 2.05) is 30.0 Å². The molecule has 1 fully saturated rings. The van der Waals surface area contributed by atoms with Gasteiger partial charge in [0.25, 0.3) is 0 Å². The summed E-state index contributed by atoms with van der Waals surface area (Å²) in [5.74, 6) is 0.921. The van der Waals surface area contributed by atoms with Crippen molar-refractivity contribution in [1.29, 1.82) is 0 Å². The fourth-order valence-corrected chi connectivity index (χ4v) is 5.09. The van der Waals surface area contributed by atoms with E-state index in [1.54, 1.807) is 11.3 Å². The highest BCUT2D eigenvalue weighted by molar-refractivity contribution is 7.22. The SMILES string of the molecule is CCOc1ccc2nc(N(CCCN3CCOCC3)C(=O)Cc3ccc(C)c(C)c3)sc2c1. The first-order chi connectivity index (χ1) is 16.0. The second kappa shape index (κ2) is 11.1. The Balaban J connectivity index is 1.53. The van der Waals surface area contributed by atoms with Crippen LogP contribution in [0.3, 0.4) is 0 Å². The number of aryl methyl sites for hydroxylation is 2. The van der Waals surface area contributed by atoms with Crippen molar-refractivity contribution in [3.63, 3.8) is 0 Å². The number of fused-ring (bicyclic) bond motifs is 1. The minimum atomic E-state index is 0.0873. The molecule has 33 heavy (non-hydrogen) atoms. The van der Waals surface area contributed by atoms with Crippen molar-refractivity contribution < 1.29 is 14.3 Å². The van der Waals surface area contributed by atoms with Gasteiger partial charge < -0.3 is 9.47 Å². The summed E-state index contributed by atoms with van der Waals surface area (Å²) < 4.78 is 12.1. The van der Waals surface area contributed by atoms with E-state index in [9.17, 15) is 4.79 Å². The normalized spacial score (nSPS) is 14.5. The molecule has 0 aliphatic carbocycles. The van der Waals surface area contributed by atoms with Gasteiger partial charge in [0.15, 0.2) is 5.13 Å². The van der Waals surface area contributed by atoms with Gasteiger partial charge in [-0.3, -0.25) is 14.6 Å². The Morgan fingerprint density at radius 1 is 1.15 bits per heavy atom. The smallest absolute Gasteiger partial charge is 0.233 e. The molecule has 1 aromatic heterocycles. The van der Waals surface area contributed by atoms with Gasteiger partial charge in [0.1, 0.15) is 5.75 Å². The summed E-state index contributed by atoms with van der Waals surface area (Å²) in [6, 6.07) is 12.2. The maximum Gasteiger partial charge on any atom is 0.233 e. The summed E-state index contributed by atoms with van der Waals surface area (Å²) in [6.45, 7) is 11.9. The summed E-state index contributed by atoms with van der Waals surface area (Å²) in [6.07, 6.45) is 1.28. The largest absolute Gasteiger partial charge is 0.494 e. The number of amides is 1. The number of rotatable bonds is 9. The van der Waals surface area contributed by atoms with E-state index >= 15 is 0 Å². The molecule has 2 heterocycles. The number of hydrogen-bond acceptors (Lipinski definition) is 6. The molecular weight excluding hydrogens is 434 g/mol. The quantitative estimate of drug-likeness (QED) is 0.460. The van der Waals surface area contributed by atoms with Crippen LogP contribution in [0.5, 0.6) is 5.75 Å². The molecular formula is C26H33N3O3S. The number of benzene rings is 2. The average molecular weight is 468 g/mol. The lowest BCUT2D eigenvalue weighted by Crippen LogP contribution is -2.39. The van der Waals surface area contributed by atoms with Crippen molar-refractivity contribution in [2.24, 2.45) is 0 Å². The van der Waals surface area contributed by atoms with Gasteiger partial charge in [-0.25, -0.2) is 4.98 Å². The number of thiazole rings is 1. The van der Waals surface area contributed by atoms with E-state index in [4.69, 9.17) is 14.5 Å². The molecule has 0 bridgehead atoms. The summed E-state index contributed by atoms with van der Waals surface area (Å²) in [5.41, 5.74) is 4.39. The first-order valence-electron chi connectivity index (χ1n) is 11.7. The predicted octanol–water partition coefficient (Wildman–Crippen LogP) is 4.61. The van der Waals surface area contributed by atoms with Crippen molar-refractivity contribution in [2.75, 3.05) is 50.9 Å². The Hall–Kier alpha value is -2.48. The third kappa shape index (κ3) is 6.10. The third-order valence-electron chi connectivity index (χ3n) is 6.08. The zero-order chi connectivity index (χ0) is 23.2. The third-order valence-corrected chi connectivity index (χ3v) is 7.12. The highest BCUT2D eigenvalue weighted by atomic mass is 32.1. The molecule has 0 saturated carbocycles. The molecule has 0 spiro atoms. The van der Waals surface area contributed by atoms with E-state index in [0.29, 0.717) is 19.6 Å². The lowest BCUT2D eigenvalue weighted by molar-refractivity contribution is -0.118. The van der Waals surface area contributed by atoms with E-state index in [1.165, 1.54) is 11.1 Å². The number of aromatic nitrogens is 1. The number of hydrogen-bond donors (Lipinski definition) is 0. The fourth-order valence-electron chi connectivity index (χ4n) is 4.05. The first kappa shape index (κ1) is 23.7. The molecule has 1 saturated heterocycles. The van der Waals surface area contributed by atoms with Crippen molar-refractivity contribution in [3.05, 3.63) is 53.1 Å². The Labute approximate surface area is 200 Å². The van der Waals surface area contributed by atoms with Gasteiger partial charge in [-0.1, -0.05) is 29.5 Å². The molecule has 1 aliphatic rings. The molecule has 0 atom stereocenters. The van der Waals surface area contributed by atoms with Crippen LogP contribution in [0, 0.1) is 13.8 Å². The molecule has 176 valence electrons. The van der Waals surface area contributed by atoms with Crippen LogP contribution in [-0.4, -0.2) is 61.8 Å². The predicted molar refractivity (Wildman–Crippen MR) is 135 cm³/mol. The molecule has 6 nitrogen and oxygen atoms in total. The summed E-state index contributed by atoms with van der Waals surface area (Å²) in [5, 5.41) is 0.759. The van der Waals surface area contributed by atoms with Gasteiger partial charge in [-0.05, 0) is 62.1 Å². The Morgan fingerprint density at radius 3 is 2.73 bits per heavy atom. The Kier molecular flexibility index (Phi) is 7.96. The van der Waals surface area contributed by atoms with Crippen LogP contribution in [0.2, 0.25) is 0 Å². The standard InChI is InChI=1S/C26H33N3O3S/c1-4-32-22-8-9-23-24(18-22)33-26(27-23)29(11-5-10-28-12-14-31-15-13-28)25(30)17-21-7-6-19(2)20(3)16-21/h6-9,16,18H,4-5,10-15,17H2,1-3H3. The molecule has 3 aromatic rings. The van der Waals surface area contributed by atoms with Gasteiger partial charge in [0, 0.05) is 26.2 Å². The lowest BCUT2D eigenvalue weighted by atomic mass is 10.0. The van der Waals surface area contributed by atoms with Crippen LogP contribution in [-0.2, 0) is 16.0 Å². The molecule has 4 rings (SSSR count). The lowest BCUT2D eigenvalue weighted by Gasteiger charge is -2.27. The van der Waals surface area contributed by atoms with Crippen LogP contribution in [0.25, 0.3) is 10.2 Å². The van der Waals surface area contributed by atoms with E-state index in [-0.39, 0.29) is 5.91 Å². The second-order valence-corrected chi connectivity index (χ2v) is 9.52. The topological polar surface area (TPSA) is 54.9 Å². The maximum absolute atomic E-state index is 13.5. The summed E-state index contributed by atoms with van der Waals surface area (Å²) >= 11 is 1.56. The zero-order valence-electron chi connectivity index (χ0n) is 19.8. The van der Waals surface area contributed by atoms with E-state index < -0.39 is 0 Å². The summed E-state index contributed by atoms with van der Waals surface area (Å²) in [4.78, 5) is 22.6. The fraction of sp³-hybridized carbons (Fsp3) is 0.462. The highest BCUT2D eigenvalue weighted by Crippen LogP contribution is 2.32. The minimum absolute atomic E-state index is 0.0873.